The van der Waals surface area contributed by atoms with Crippen molar-refractivity contribution in [1.29, 1.82) is 0 Å². The highest BCUT2D eigenvalue weighted by atomic mass is 35.5. The highest BCUT2D eigenvalue weighted by molar-refractivity contribution is 5.85. The lowest BCUT2D eigenvalue weighted by atomic mass is 9.93. The number of ether oxygens (including phenoxy) is 1. The highest BCUT2D eigenvalue weighted by Crippen LogP contribution is 2.33. The summed E-state index contributed by atoms with van der Waals surface area (Å²) in [5, 5.41) is 0. The van der Waals surface area contributed by atoms with Crippen molar-refractivity contribution in [2.75, 3.05) is 33.4 Å². The highest BCUT2D eigenvalue weighted by Gasteiger charge is 2.34. The van der Waals surface area contributed by atoms with Crippen LogP contribution in [-0.2, 0) is 10.9 Å². The lowest BCUT2D eigenvalue weighted by Crippen LogP contribution is -2.30. The second-order valence-electron chi connectivity index (χ2n) is 5.15. The molecule has 0 aliphatic carbocycles. The van der Waals surface area contributed by atoms with Crippen molar-refractivity contribution in [2.45, 2.75) is 18.1 Å². The second kappa shape index (κ2) is 8.93. The molecule has 1 fully saturated rings. The Morgan fingerprint density at radius 1 is 1.27 bits per heavy atom. The summed E-state index contributed by atoms with van der Waals surface area (Å²) in [7, 11) is 1.63. The quantitative estimate of drug-likeness (QED) is 0.896. The first-order valence-corrected chi connectivity index (χ1v) is 6.56. The Labute approximate surface area is 140 Å². The van der Waals surface area contributed by atoms with Crippen LogP contribution in [0.5, 0.6) is 0 Å². The third-order valence-electron chi connectivity index (χ3n) is 3.69. The molecule has 22 heavy (non-hydrogen) atoms. The van der Waals surface area contributed by atoms with Gasteiger partial charge in [0.15, 0.2) is 0 Å². The maximum Gasteiger partial charge on any atom is 0.416 e. The van der Waals surface area contributed by atoms with Gasteiger partial charge in [0.1, 0.15) is 0 Å². The monoisotopic (exact) mass is 360 g/mol. The van der Waals surface area contributed by atoms with Gasteiger partial charge in [0.05, 0.1) is 12.2 Å². The minimum atomic E-state index is -4.31. The largest absolute Gasteiger partial charge is 0.416 e. The van der Waals surface area contributed by atoms with Gasteiger partial charge in [-0.1, -0.05) is 18.2 Å². The van der Waals surface area contributed by atoms with Crippen LogP contribution in [0.4, 0.5) is 13.2 Å². The van der Waals surface area contributed by atoms with Gasteiger partial charge >= 0.3 is 6.18 Å². The molecule has 2 rings (SSSR count). The maximum absolute atomic E-state index is 12.7. The Morgan fingerprint density at radius 2 is 1.95 bits per heavy atom. The number of methoxy groups -OCH3 is 1. The van der Waals surface area contributed by atoms with Gasteiger partial charge in [0.25, 0.3) is 0 Å². The zero-order valence-corrected chi connectivity index (χ0v) is 13.8. The predicted molar refractivity (Wildman–Crippen MR) is 85.0 cm³/mol. The molecule has 1 saturated heterocycles. The lowest BCUT2D eigenvalue weighted by molar-refractivity contribution is -0.137. The summed E-state index contributed by atoms with van der Waals surface area (Å²) >= 11 is 0. The molecular weight excluding hydrogens is 340 g/mol. The normalized spacial score (nSPS) is 22.0. The van der Waals surface area contributed by atoms with Gasteiger partial charge in [-0.3, -0.25) is 4.90 Å². The average molecular weight is 361 g/mol. The maximum atomic E-state index is 12.7. The number of nitrogens with two attached hydrogens (primary N) is 1. The Morgan fingerprint density at radius 3 is 2.55 bits per heavy atom. The smallest absolute Gasteiger partial charge is 0.383 e. The minimum Gasteiger partial charge on any atom is -0.383 e. The van der Waals surface area contributed by atoms with Crippen molar-refractivity contribution in [3.8, 4) is 0 Å². The van der Waals surface area contributed by atoms with Gasteiger partial charge < -0.3 is 10.5 Å². The Balaban J connectivity index is 0.00000220. The molecule has 0 aromatic heterocycles. The Hall–Kier alpha value is -0.530. The topological polar surface area (TPSA) is 38.5 Å². The van der Waals surface area contributed by atoms with Gasteiger partial charge in [-0.2, -0.15) is 13.2 Å². The van der Waals surface area contributed by atoms with Gasteiger partial charge in [-0.25, -0.2) is 0 Å². The van der Waals surface area contributed by atoms with E-state index in [1.807, 2.05) is 0 Å². The zero-order chi connectivity index (χ0) is 14.8. The fraction of sp³-hybridized carbons (Fsp3) is 0.571. The van der Waals surface area contributed by atoms with E-state index in [9.17, 15) is 13.2 Å². The van der Waals surface area contributed by atoms with Crippen LogP contribution in [0.2, 0.25) is 0 Å². The summed E-state index contributed by atoms with van der Waals surface area (Å²) in [5.41, 5.74) is 6.11. The molecule has 0 bridgehead atoms. The summed E-state index contributed by atoms with van der Waals surface area (Å²) in [5.74, 6) is -0.0610. The zero-order valence-electron chi connectivity index (χ0n) is 12.2. The minimum absolute atomic E-state index is 0. The summed E-state index contributed by atoms with van der Waals surface area (Å²) in [4.78, 5) is 2.12. The van der Waals surface area contributed by atoms with Crippen LogP contribution in [0, 0.1) is 0 Å². The first-order chi connectivity index (χ1) is 9.41. The fourth-order valence-corrected chi connectivity index (χ4v) is 2.61. The Bertz CT molecular complexity index is 460. The van der Waals surface area contributed by atoms with Crippen LogP contribution < -0.4 is 5.73 Å². The van der Waals surface area contributed by atoms with Crippen LogP contribution in [0.1, 0.15) is 17.0 Å². The van der Waals surface area contributed by atoms with Crippen molar-refractivity contribution in [1.82, 2.24) is 4.90 Å². The van der Waals surface area contributed by atoms with E-state index >= 15 is 0 Å². The summed E-state index contributed by atoms with van der Waals surface area (Å²) in [6.45, 7) is 2.71. The fourth-order valence-electron chi connectivity index (χ4n) is 2.61. The molecule has 0 unspecified atom stereocenters. The first-order valence-electron chi connectivity index (χ1n) is 6.56. The number of alkyl halides is 3. The van der Waals surface area contributed by atoms with Crippen LogP contribution in [0.15, 0.2) is 24.3 Å². The molecule has 2 N–H and O–H groups in total. The molecule has 1 aliphatic heterocycles. The molecule has 128 valence electrons. The number of nitrogens with zero attached hydrogens (tertiary/aromatic N) is 1. The lowest BCUT2D eigenvalue weighted by Gasteiger charge is -2.17. The average Bonchev–Trinajstić information content (AvgIpc) is 2.77. The third kappa shape index (κ3) is 5.28. The van der Waals surface area contributed by atoms with Crippen LogP contribution in [0.25, 0.3) is 0 Å². The van der Waals surface area contributed by atoms with E-state index in [0.29, 0.717) is 25.3 Å². The van der Waals surface area contributed by atoms with E-state index in [-0.39, 0.29) is 36.8 Å². The van der Waals surface area contributed by atoms with Crippen molar-refractivity contribution in [3.63, 3.8) is 0 Å². The molecule has 2 atom stereocenters. The number of likely N-dealkylation sites (tertiary alicyclic amines) is 1. The van der Waals surface area contributed by atoms with Gasteiger partial charge in [0, 0.05) is 38.7 Å². The summed E-state index contributed by atoms with van der Waals surface area (Å²) < 4.78 is 43.2. The molecule has 0 amide bonds. The summed E-state index contributed by atoms with van der Waals surface area (Å²) in [6, 6.07) is 5.33. The number of hydrogen-bond donors (Lipinski definition) is 1. The molecule has 1 heterocycles. The summed E-state index contributed by atoms with van der Waals surface area (Å²) in [6.07, 6.45) is -4.31. The first kappa shape index (κ1) is 21.5. The molecule has 1 aromatic rings. The molecule has 8 heteroatoms. The number of halogens is 5. The predicted octanol–water partition coefficient (Wildman–Crippen LogP) is 2.92. The van der Waals surface area contributed by atoms with E-state index < -0.39 is 11.7 Å². The van der Waals surface area contributed by atoms with Crippen molar-refractivity contribution in [3.05, 3.63) is 35.4 Å². The number of benzene rings is 1. The van der Waals surface area contributed by atoms with Gasteiger partial charge in [0.2, 0.25) is 0 Å². The van der Waals surface area contributed by atoms with Crippen LogP contribution in [0.3, 0.4) is 0 Å². The van der Waals surface area contributed by atoms with Crippen molar-refractivity contribution in [2.24, 2.45) is 5.73 Å². The van der Waals surface area contributed by atoms with Crippen LogP contribution >= 0.6 is 24.8 Å². The van der Waals surface area contributed by atoms with E-state index in [2.05, 4.69) is 4.90 Å². The molecule has 0 radical (unpaired) electrons. The number of rotatable bonds is 4. The van der Waals surface area contributed by atoms with E-state index in [1.165, 1.54) is 12.1 Å². The molecular formula is C14H21Cl2F3N2O. The van der Waals surface area contributed by atoms with E-state index in [0.717, 1.165) is 12.6 Å². The second-order valence-corrected chi connectivity index (χ2v) is 5.15. The molecule has 3 nitrogen and oxygen atoms in total. The van der Waals surface area contributed by atoms with E-state index in [4.69, 9.17) is 10.5 Å². The van der Waals surface area contributed by atoms with Gasteiger partial charge in [-0.05, 0) is 11.6 Å². The van der Waals surface area contributed by atoms with Gasteiger partial charge in [-0.15, -0.1) is 24.8 Å². The van der Waals surface area contributed by atoms with Crippen LogP contribution in [-0.4, -0.2) is 44.3 Å². The van der Waals surface area contributed by atoms with Crippen molar-refractivity contribution < 1.29 is 17.9 Å². The standard InChI is InChI=1S/C14H19F3N2O.2ClH/c1-20-6-5-19-8-12(13(18)9-19)10-3-2-4-11(7-10)14(15,16)17;;/h2-4,7,12-13H,5-6,8-9,18H2,1H3;2*1H/t12-,13+;;/m0../s1. The molecule has 0 saturated carbocycles. The van der Waals surface area contributed by atoms with E-state index in [1.54, 1.807) is 13.2 Å². The van der Waals surface area contributed by atoms with Crippen molar-refractivity contribution >= 4 is 24.8 Å². The third-order valence-corrected chi connectivity index (χ3v) is 3.69. The molecule has 1 aliphatic rings. The SMILES string of the molecule is COCCN1C[C@@H](N)[C@H](c2cccc(C(F)(F)F)c2)C1.Cl.Cl. The Kier molecular flexibility index (Phi) is 8.72. The number of hydrogen-bond acceptors (Lipinski definition) is 3. The molecule has 1 aromatic carbocycles. The molecule has 0 spiro atoms.